The van der Waals surface area contributed by atoms with Crippen LogP contribution in [0.1, 0.15) is 17.1 Å². The van der Waals surface area contributed by atoms with Gasteiger partial charge in [0.15, 0.2) is 0 Å². The molecular weight excluding hydrogens is 364 g/mol. The monoisotopic (exact) mass is 382 g/mol. The van der Waals surface area contributed by atoms with Gasteiger partial charge in [-0.15, -0.1) is 0 Å². The van der Waals surface area contributed by atoms with Crippen LogP contribution in [0.15, 0.2) is 53.8 Å². The van der Waals surface area contributed by atoms with E-state index in [4.69, 9.17) is 0 Å². The molecule has 1 aromatic carbocycles. The first kappa shape index (κ1) is 17.5. The zero-order valence-corrected chi connectivity index (χ0v) is 15.5. The van der Waals surface area contributed by atoms with E-state index in [9.17, 15) is 8.42 Å². The number of aryl methyl sites for hydroxylation is 1. The van der Waals surface area contributed by atoms with E-state index >= 15 is 0 Å². The molecule has 0 unspecified atom stereocenters. The summed E-state index contributed by atoms with van der Waals surface area (Å²) >= 11 is 0. The number of anilines is 2. The molecule has 1 aliphatic rings. The summed E-state index contributed by atoms with van der Waals surface area (Å²) in [7, 11) is -3.56. The molecule has 0 atom stereocenters. The van der Waals surface area contributed by atoms with Gasteiger partial charge in [0.05, 0.1) is 23.3 Å². The number of hydrogen-bond acceptors (Lipinski definition) is 7. The summed E-state index contributed by atoms with van der Waals surface area (Å²) in [4.78, 5) is 17.5. The number of benzene rings is 1. The Morgan fingerprint density at radius 2 is 1.93 bits per heavy atom. The van der Waals surface area contributed by atoms with Crippen molar-refractivity contribution in [2.45, 2.75) is 24.8 Å². The summed E-state index contributed by atoms with van der Waals surface area (Å²) in [5, 5.41) is 3.17. The third-order valence-electron chi connectivity index (χ3n) is 4.33. The lowest BCUT2D eigenvalue weighted by Gasteiger charge is -2.28. The van der Waals surface area contributed by atoms with Crippen molar-refractivity contribution in [2.24, 2.45) is 0 Å². The zero-order chi connectivity index (χ0) is 18.9. The summed E-state index contributed by atoms with van der Waals surface area (Å²) in [5.74, 6) is 1.80. The van der Waals surface area contributed by atoms with Crippen molar-refractivity contribution >= 4 is 21.7 Å². The second kappa shape index (κ2) is 7.01. The number of sulfonamides is 1. The quantitative estimate of drug-likeness (QED) is 0.737. The van der Waals surface area contributed by atoms with Gasteiger partial charge >= 0.3 is 0 Å². The lowest BCUT2D eigenvalue weighted by atomic mass is 10.1. The summed E-state index contributed by atoms with van der Waals surface area (Å²) in [6, 6.07) is 8.46. The normalized spacial score (nSPS) is 14.6. The maximum Gasteiger partial charge on any atom is 0.243 e. The Bertz CT molecular complexity index is 1060. The summed E-state index contributed by atoms with van der Waals surface area (Å²) in [6.45, 7) is 2.36. The van der Waals surface area contributed by atoms with E-state index in [0.717, 1.165) is 5.56 Å². The van der Waals surface area contributed by atoms with Crippen molar-refractivity contribution in [3.63, 3.8) is 0 Å². The maximum atomic E-state index is 12.9. The van der Waals surface area contributed by atoms with Gasteiger partial charge in [0.2, 0.25) is 10.0 Å². The SMILES string of the molecule is Cc1nc2c(c(Nc3cnccn3)n1)CCN(S(=O)(=O)c1ccccc1)C2. The molecule has 1 aliphatic heterocycles. The first-order chi connectivity index (χ1) is 13.0. The minimum Gasteiger partial charge on any atom is -0.323 e. The van der Waals surface area contributed by atoms with Crippen molar-refractivity contribution < 1.29 is 8.42 Å². The highest BCUT2D eigenvalue weighted by atomic mass is 32.2. The van der Waals surface area contributed by atoms with Crippen LogP contribution in [0.4, 0.5) is 11.6 Å². The Labute approximate surface area is 157 Å². The number of nitrogens with one attached hydrogen (secondary N) is 1. The van der Waals surface area contributed by atoms with Gasteiger partial charge in [-0.1, -0.05) is 18.2 Å². The first-order valence-corrected chi connectivity index (χ1v) is 9.92. The summed E-state index contributed by atoms with van der Waals surface area (Å²) in [6.07, 6.45) is 5.32. The molecule has 0 bridgehead atoms. The number of rotatable bonds is 4. The Morgan fingerprint density at radius 1 is 1.11 bits per heavy atom. The predicted octanol–water partition coefficient (Wildman–Crippen LogP) is 2.07. The van der Waals surface area contributed by atoms with E-state index in [-0.39, 0.29) is 11.4 Å². The van der Waals surface area contributed by atoms with Crippen LogP contribution in [0.25, 0.3) is 0 Å². The first-order valence-electron chi connectivity index (χ1n) is 8.48. The van der Waals surface area contributed by atoms with Gasteiger partial charge < -0.3 is 5.32 Å². The van der Waals surface area contributed by atoms with Gasteiger partial charge in [-0.3, -0.25) is 4.98 Å². The van der Waals surface area contributed by atoms with Gasteiger partial charge in [-0.2, -0.15) is 4.31 Å². The summed E-state index contributed by atoms with van der Waals surface area (Å²) < 4.78 is 27.3. The fourth-order valence-electron chi connectivity index (χ4n) is 3.06. The molecule has 0 radical (unpaired) electrons. The van der Waals surface area contributed by atoms with Crippen molar-refractivity contribution in [3.05, 3.63) is 66.0 Å². The van der Waals surface area contributed by atoms with Crippen molar-refractivity contribution in [1.82, 2.24) is 24.2 Å². The molecule has 0 spiro atoms. The highest BCUT2D eigenvalue weighted by molar-refractivity contribution is 7.89. The highest BCUT2D eigenvalue weighted by Crippen LogP contribution is 2.28. The lowest BCUT2D eigenvalue weighted by molar-refractivity contribution is 0.384. The van der Waals surface area contributed by atoms with Crippen LogP contribution < -0.4 is 5.32 Å². The number of nitrogens with zero attached hydrogens (tertiary/aromatic N) is 5. The standard InChI is InChI=1S/C18H18N6O2S/c1-13-21-16-12-24(27(25,26)14-5-3-2-4-6-14)10-7-15(16)18(22-13)23-17-11-19-8-9-20-17/h2-6,8-9,11H,7,10,12H2,1H3,(H,20,21,22,23). The smallest absolute Gasteiger partial charge is 0.243 e. The molecule has 9 heteroatoms. The number of fused-ring (bicyclic) bond motifs is 1. The van der Waals surface area contributed by atoms with Crippen molar-refractivity contribution in [3.8, 4) is 0 Å². The van der Waals surface area contributed by atoms with Gasteiger partial charge in [-0.05, 0) is 25.5 Å². The van der Waals surface area contributed by atoms with E-state index < -0.39 is 10.0 Å². The van der Waals surface area contributed by atoms with Gasteiger partial charge in [0.1, 0.15) is 17.5 Å². The van der Waals surface area contributed by atoms with Crippen LogP contribution in [0.2, 0.25) is 0 Å². The molecule has 0 aliphatic carbocycles. The van der Waals surface area contributed by atoms with E-state index in [0.29, 0.717) is 36.1 Å². The van der Waals surface area contributed by atoms with Crippen LogP contribution in [0.3, 0.4) is 0 Å². The number of hydrogen-bond donors (Lipinski definition) is 1. The van der Waals surface area contributed by atoms with Crippen LogP contribution in [-0.2, 0) is 23.0 Å². The maximum absolute atomic E-state index is 12.9. The molecule has 27 heavy (non-hydrogen) atoms. The predicted molar refractivity (Wildman–Crippen MR) is 99.8 cm³/mol. The van der Waals surface area contributed by atoms with Crippen LogP contribution in [0, 0.1) is 6.92 Å². The van der Waals surface area contributed by atoms with E-state index in [1.165, 1.54) is 4.31 Å². The number of aromatic nitrogens is 4. The molecular formula is C18H18N6O2S. The van der Waals surface area contributed by atoms with Crippen LogP contribution >= 0.6 is 0 Å². The molecule has 3 aromatic rings. The molecule has 8 nitrogen and oxygen atoms in total. The van der Waals surface area contributed by atoms with E-state index in [2.05, 4.69) is 25.3 Å². The molecule has 2 aromatic heterocycles. The van der Waals surface area contributed by atoms with E-state index in [1.54, 1.807) is 55.8 Å². The molecule has 0 saturated carbocycles. The van der Waals surface area contributed by atoms with Crippen LogP contribution in [-0.4, -0.2) is 39.2 Å². The van der Waals surface area contributed by atoms with Gasteiger partial charge in [-0.25, -0.2) is 23.4 Å². The fourth-order valence-corrected chi connectivity index (χ4v) is 4.49. The minimum atomic E-state index is -3.56. The van der Waals surface area contributed by atoms with Crippen LogP contribution in [0.5, 0.6) is 0 Å². The van der Waals surface area contributed by atoms with E-state index in [1.807, 2.05) is 0 Å². The molecule has 0 saturated heterocycles. The average Bonchev–Trinajstić information content (AvgIpc) is 2.69. The molecule has 1 N–H and O–H groups in total. The fraction of sp³-hybridized carbons (Fsp3) is 0.222. The third-order valence-corrected chi connectivity index (χ3v) is 6.19. The molecule has 138 valence electrons. The van der Waals surface area contributed by atoms with Gasteiger partial charge in [0, 0.05) is 24.5 Å². The molecule has 0 amide bonds. The molecule has 0 fully saturated rings. The van der Waals surface area contributed by atoms with Crippen molar-refractivity contribution in [2.75, 3.05) is 11.9 Å². The lowest BCUT2D eigenvalue weighted by Crippen LogP contribution is -2.37. The Morgan fingerprint density at radius 3 is 2.67 bits per heavy atom. The molecule has 3 heterocycles. The Kier molecular flexibility index (Phi) is 4.54. The largest absolute Gasteiger partial charge is 0.323 e. The Hall–Kier alpha value is -2.91. The zero-order valence-electron chi connectivity index (χ0n) is 14.7. The molecule has 4 rings (SSSR count). The average molecular weight is 382 g/mol. The topological polar surface area (TPSA) is 101 Å². The second-order valence-corrected chi connectivity index (χ2v) is 8.10. The highest BCUT2D eigenvalue weighted by Gasteiger charge is 2.30. The van der Waals surface area contributed by atoms with Crippen molar-refractivity contribution in [1.29, 1.82) is 0 Å². The third kappa shape index (κ3) is 3.51. The summed E-state index contributed by atoms with van der Waals surface area (Å²) in [5.41, 5.74) is 1.62. The minimum absolute atomic E-state index is 0.213. The van der Waals surface area contributed by atoms with Gasteiger partial charge in [0.25, 0.3) is 0 Å². The Balaban J connectivity index is 1.66. The second-order valence-electron chi connectivity index (χ2n) is 6.16.